The predicted octanol–water partition coefficient (Wildman–Crippen LogP) is 30.1. The minimum Gasteiger partial charge on any atom is -0.0625 e. The zero-order valence-corrected chi connectivity index (χ0v) is 69.5. The molecule has 0 spiro atoms. The molecular weight excluding hydrogens is 1230 g/mol. The van der Waals surface area contributed by atoms with E-state index < -0.39 is 0 Å². The number of fused-ring (bicyclic) bond motifs is 3. The standard InChI is InChI=1S/2C13H14.C12H12.3C10H14.2C9H12.C8H16.C8H10/c2*1-9-4-7-13-11(3)10(2)5-6-12(13)8-9;1-9-3-5-12-8-10(2)4-6-11(12)7-9;2*1-7-5-8(2)10(4)9(3)6-7;1-7-5-6-8(2)10(4)9(7)3;2*1-7-4-5-8(2)9(3)6-7;2*1-7-3-5-8(2)6-4-7/h2*4-8H,1-3H3;3-8H,1-2H3;3*5-6H,1-4H3;2*4-6H,1-3H3;7-8H,3-6H2,1-2H3;3-6H,1-2H3. The summed E-state index contributed by atoms with van der Waals surface area (Å²) < 4.78 is 0. The van der Waals surface area contributed by atoms with Gasteiger partial charge in [0.1, 0.15) is 0 Å². The monoisotopic (exact) mass is 1360 g/mol. The Bertz CT molecular complexity index is 4260. The van der Waals surface area contributed by atoms with Gasteiger partial charge in [0.15, 0.2) is 0 Å². The molecule has 0 bridgehead atoms. The van der Waals surface area contributed by atoms with Crippen molar-refractivity contribution in [2.75, 3.05) is 0 Å². The summed E-state index contributed by atoms with van der Waals surface area (Å²) in [5.41, 5.74) is 38.5. The van der Waals surface area contributed by atoms with Gasteiger partial charge in [-0.3, -0.25) is 0 Å². The molecule has 0 nitrogen and oxygen atoms in total. The Hall–Kier alpha value is -8.58. The van der Waals surface area contributed by atoms with Crippen LogP contribution in [-0.4, -0.2) is 0 Å². The fourth-order valence-electron chi connectivity index (χ4n) is 12.4. The van der Waals surface area contributed by atoms with Crippen LogP contribution in [-0.2, 0) is 0 Å². The minimum absolute atomic E-state index is 1.02. The maximum Gasteiger partial charge on any atom is -0.0152 e. The topological polar surface area (TPSA) is 0 Å². The summed E-state index contributed by atoms with van der Waals surface area (Å²) >= 11 is 0. The fraction of sp³-hybridized carbons (Fsp3) is 0.353. The molecule has 0 N–H and O–H groups in total. The van der Waals surface area contributed by atoms with E-state index in [4.69, 9.17) is 0 Å². The maximum atomic E-state index is 2.37. The average Bonchev–Trinajstić information content (AvgIpc) is 0.810. The molecular formula is C102H132. The van der Waals surface area contributed by atoms with Gasteiger partial charge in [0.05, 0.1) is 0 Å². The van der Waals surface area contributed by atoms with Gasteiger partial charge < -0.3 is 0 Å². The molecule has 1 aliphatic rings. The van der Waals surface area contributed by atoms with Crippen molar-refractivity contribution < 1.29 is 0 Å². The van der Waals surface area contributed by atoms with Crippen molar-refractivity contribution in [3.8, 4) is 0 Å². The molecule has 12 aromatic rings. The third-order valence-electron chi connectivity index (χ3n) is 20.9. The summed E-state index contributed by atoms with van der Waals surface area (Å²) in [7, 11) is 0. The third kappa shape index (κ3) is 29.0. The lowest BCUT2D eigenvalue weighted by Crippen LogP contribution is -2.08. The van der Waals surface area contributed by atoms with Crippen molar-refractivity contribution in [3.05, 3.63) is 350 Å². The first kappa shape index (κ1) is 85.8. The van der Waals surface area contributed by atoms with Crippen molar-refractivity contribution in [2.45, 2.75) is 233 Å². The first-order valence-electron chi connectivity index (χ1n) is 37.6. The lowest BCUT2D eigenvalue weighted by Gasteiger charge is -2.22. The Morgan fingerprint density at radius 3 is 0.647 bits per heavy atom. The first-order valence-corrected chi connectivity index (χ1v) is 37.6. The van der Waals surface area contributed by atoms with E-state index in [1.54, 1.807) is 0 Å². The van der Waals surface area contributed by atoms with Crippen LogP contribution in [0.4, 0.5) is 0 Å². The lowest BCUT2D eigenvalue weighted by molar-refractivity contribution is 0.308. The summed E-state index contributed by atoms with van der Waals surface area (Å²) in [6.45, 7) is 64.9. The second-order valence-corrected chi connectivity index (χ2v) is 30.5. The summed E-state index contributed by atoms with van der Waals surface area (Å²) in [5.74, 6) is 2.04. The second-order valence-electron chi connectivity index (χ2n) is 30.5. The van der Waals surface area contributed by atoms with Gasteiger partial charge in [-0.15, -0.1) is 0 Å². The van der Waals surface area contributed by atoms with Gasteiger partial charge in [0, 0.05) is 0 Å². The van der Waals surface area contributed by atoms with E-state index in [0.717, 1.165) is 11.8 Å². The molecule has 12 aromatic carbocycles. The zero-order chi connectivity index (χ0) is 76.2. The Labute approximate surface area is 623 Å². The molecule has 1 saturated carbocycles. The molecule has 1 aliphatic carbocycles. The highest BCUT2D eigenvalue weighted by atomic mass is 14.2. The highest BCUT2D eigenvalue weighted by Gasteiger charge is 2.13. The average molecular weight is 1360 g/mol. The Morgan fingerprint density at radius 2 is 0.363 bits per heavy atom. The summed E-state index contributed by atoms with van der Waals surface area (Å²) in [6.07, 6.45) is 5.89. The number of hydrogen-bond acceptors (Lipinski definition) is 0. The minimum atomic E-state index is 1.02. The molecule has 540 valence electrons. The molecule has 0 atom stereocenters. The fourth-order valence-corrected chi connectivity index (χ4v) is 12.4. The first-order chi connectivity index (χ1) is 47.9. The van der Waals surface area contributed by atoms with Crippen LogP contribution in [0.5, 0.6) is 0 Å². The van der Waals surface area contributed by atoms with Gasteiger partial charge in [-0.1, -0.05) is 289 Å². The number of benzene rings is 12. The molecule has 0 heteroatoms. The third-order valence-corrected chi connectivity index (χ3v) is 20.9. The SMILES string of the molecule is CC1CCC(C)CC1.Cc1cc(C)c(C)c(C)c1.Cc1cc(C)c(C)c(C)c1.Cc1ccc(C)c(C)c1.Cc1ccc(C)c(C)c1.Cc1ccc(C)c(C)c1C.Cc1ccc(C)cc1.Cc1ccc2c(C)c(C)ccc2c1.Cc1ccc2c(C)c(C)ccc2c1.Cc1ccc2cc(C)ccc2c1. The van der Waals surface area contributed by atoms with Crippen molar-refractivity contribution in [1.82, 2.24) is 0 Å². The van der Waals surface area contributed by atoms with Crippen LogP contribution in [0, 0.1) is 206 Å². The van der Waals surface area contributed by atoms with E-state index in [2.05, 4.69) is 402 Å². The van der Waals surface area contributed by atoms with Crippen LogP contribution in [0.1, 0.15) is 195 Å². The summed E-state index contributed by atoms with van der Waals surface area (Å²) in [4.78, 5) is 0. The molecule has 102 heavy (non-hydrogen) atoms. The van der Waals surface area contributed by atoms with E-state index >= 15 is 0 Å². The van der Waals surface area contributed by atoms with E-state index in [1.165, 1.54) is 214 Å². The van der Waals surface area contributed by atoms with E-state index in [9.17, 15) is 0 Å². The highest BCUT2D eigenvalue weighted by molar-refractivity contribution is 5.88. The maximum absolute atomic E-state index is 2.37. The van der Waals surface area contributed by atoms with Crippen molar-refractivity contribution >= 4 is 32.3 Å². The number of rotatable bonds is 0. The molecule has 13 rings (SSSR count). The van der Waals surface area contributed by atoms with E-state index in [0.29, 0.717) is 0 Å². The smallest absolute Gasteiger partial charge is 0.0152 e. The molecule has 0 aliphatic heterocycles. The van der Waals surface area contributed by atoms with Crippen LogP contribution in [0.25, 0.3) is 32.3 Å². The van der Waals surface area contributed by atoms with Gasteiger partial charge >= 0.3 is 0 Å². The number of aryl methyl sites for hydroxylation is 24. The molecule has 0 radical (unpaired) electrons. The van der Waals surface area contributed by atoms with E-state index in [-0.39, 0.29) is 0 Å². The molecule has 0 aromatic heterocycles. The van der Waals surface area contributed by atoms with Gasteiger partial charge in [0.2, 0.25) is 0 Å². The highest BCUT2D eigenvalue weighted by Crippen LogP contribution is 2.28. The van der Waals surface area contributed by atoms with Crippen LogP contribution in [0.3, 0.4) is 0 Å². The molecule has 0 amide bonds. The molecule has 0 heterocycles. The Kier molecular flexibility index (Phi) is 35.4. The van der Waals surface area contributed by atoms with Crippen molar-refractivity contribution in [1.29, 1.82) is 0 Å². The molecule has 0 saturated heterocycles. The number of hydrogen-bond donors (Lipinski definition) is 0. The molecule has 0 unspecified atom stereocenters. The van der Waals surface area contributed by atoms with Gasteiger partial charge in [-0.2, -0.15) is 0 Å². The van der Waals surface area contributed by atoms with Crippen molar-refractivity contribution in [2.24, 2.45) is 11.8 Å². The van der Waals surface area contributed by atoms with Crippen LogP contribution < -0.4 is 0 Å². The Morgan fingerprint density at radius 1 is 0.157 bits per heavy atom. The normalized spacial score (nSPS) is 12.5. The van der Waals surface area contributed by atoms with Crippen LogP contribution >= 0.6 is 0 Å². The zero-order valence-electron chi connectivity index (χ0n) is 69.5. The van der Waals surface area contributed by atoms with Gasteiger partial charge in [-0.25, -0.2) is 0 Å². The Balaban J connectivity index is 0.000000241. The van der Waals surface area contributed by atoms with Gasteiger partial charge in [0.25, 0.3) is 0 Å². The predicted molar refractivity (Wildman–Crippen MR) is 460 cm³/mol. The van der Waals surface area contributed by atoms with E-state index in [1.807, 2.05) is 0 Å². The summed E-state index contributed by atoms with van der Waals surface area (Å²) in [5, 5.41) is 8.13. The van der Waals surface area contributed by atoms with Crippen LogP contribution in [0.2, 0.25) is 0 Å². The second kappa shape index (κ2) is 42.1. The lowest BCUT2D eigenvalue weighted by atomic mass is 9.84. The van der Waals surface area contributed by atoms with Crippen molar-refractivity contribution in [3.63, 3.8) is 0 Å². The summed E-state index contributed by atoms with van der Waals surface area (Å²) in [6, 6.07) is 69.9. The largest absolute Gasteiger partial charge is 0.0625 e. The van der Waals surface area contributed by atoms with Gasteiger partial charge in [-0.05, 0) is 338 Å². The van der Waals surface area contributed by atoms with Crippen LogP contribution in [0.15, 0.2) is 194 Å². The molecule has 1 fully saturated rings. The quantitative estimate of drug-likeness (QED) is 0.142.